The highest BCUT2D eigenvalue weighted by Crippen LogP contribution is 2.42. The molecular weight excluding hydrogens is 392 g/mol. The Hall–Kier alpha value is -2.62. The molecule has 3 aromatic rings. The third-order valence-electron chi connectivity index (χ3n) is 7.85. The second kappa shape index (κ2) is 8.73. The van der Waals surface area contributed by atoms with Crippen molar-refractivity contribution in [1.82, 2.24) is 10.2 Å². The van der Waals surface area contributed by atoms with Crippen LogP contribution < -0.4 is 10.1 Å². The van der Waals surface area contributed by atoms with Gasteiger partial charge in [0.1, 0.15) is 5.75 Å². The molecule has 4 heterocycles. The van der Waals surface area contributed by atoms with Crippen molar-refractivity contribution in [3.05, 3.63) is 101 Å². The first-order valence-electron chi connectivity index (χ1n) is 12.2. The fourth-order valence-corrected chi connectivity index (χ4v) is 6.35. The summed E-state index contributed by atoms with van der Waals surface area (Å²) in [6.07, 6.45) is 3.64. The van der Waals surface area contributed by atoms with Gasteiger partial charge in [0.2, 0.25) is 0 Å². The highest BCUT2D eigenvalue weighted by Gasteiger charge is 2.46. The molecule has 2 atom stereocenters. The van der Waals surface area contributed by atoms with Crippen molar-refractivity contribution in [2.45, 2.75) is 43.8 Å². The number of piperidine rings is 3. The Labute approximate surface area is 191 Å². The van der Waals surface area contributed by atoms with E-state index in [1.807, 2.05) is 0 Å². The molecule has 0 saturated carbocycles. The third-order valence-corrected chi connectivity index (χ3v) is 7.85. The van der Waals surface area contributed by atoms with Gasteiger partial charge in [-0.15, -0.1) is 0 Å². The number of benzene rings is 3. The molecule has 0 aromatic heterocycles. The van der Waals surface area contributed by atoms with E-state index in [0.717, 1.165) is 31.2 Å². The van der Waals surface area contributed by atoms with Crippen LogP contribution in [-0.2, 0) is 13.0 Å². The Morgan fingerprint density at radius 2 is 1.53 bits per heavy atom. The summed E-state index contributed by atoms with van der Waals surface area (Å²) in [6, 6.07) is 29.9. The number of hydrogen-bond acceptors (Lipinski definition) is 3. The normalized spacial score (nSPS) is 26.2. The van der Waals surface area contributed by atoms with Crippen LogP contribution in [0.2, 0.25) is 0 Å². The summed E-state index contributed by atoms with van der Waals surface area (Å²) in [5.41, 5.74) is 5.52. The number of para-hydroxylation sites is 1. The lowest BCUT2D eigenvalue weighted by molar-refractivity contribution is 0.00462. The maximum atomic E-state index is 5.99. The van der Waals surface area contributed by atoms with E-state index in [0.29, 0.717) is 18.0 Å². The van der Waals surface area contributed by atoms with Crippen LogP contribution in [0.25, 0.3) is 0 Å². The minimum Gasteiger partial charge on any atom is -0.493 e. The van der Waals surface area contributed by atoms with Crippen molar-refractivity contribution in [2.24, 2.45) is 5.92 Å². The van der Waals surface area contributed by atoms with Crippen molar-refractivity contribution in [2.75, 3.05) is 19.7 Å². The van der Waals surface area contributed by atoms with Gasteiger partial charge in [-0.25, -0.2) is 0 Å². The van der Waals surface area contributed by atoms with Crippen LogP contribution in [0.4, 0.5) is 0 Å². The zero-order valence-electron chi connectivity index (χ0n) is 18.6. The van der Waals surface area contributed by atoms with E-state index in [9.17, 15) is 0 Å². The second-order valence-corrected chi connectivity index (χ2v) is 9.57. The van der Waals surface area contributed by atoms with E-state index >= 15 is 0 Å². The lowest BCUT2D eigenvalue weighted by atomic mass is 9.70. The topological polar surface area (TPSA) is 24.5 Å². The van der Waals surface area contributed by atoms with E-state index < -0.39 is 0 Å². The van der Waals surface area contributed by atoms with Crippen molar-refractivity contribution >= 4 is 0 Å². The number of ether oxygens (including phenoxy) is 1. The molecule has 0 radical (unpaired) electrons. The van der Waals surface area contributed by atoms with Crippen LogP contribution in [0, 0.1) is 5.92 Å². The van der Waals surface area contributed by atoms with Gasteiger partial charge in [0.05, 0.1) is 6.61 Å². The summed E-state index contributed by atoms with van der Waals surface area (Å²) in [6.45, 7) is 4.13. The Morgan fingerprint density at radius 3 is 2.22 bits per heavy atom. The van der Waals surface area contributed by atoms with Crippen LogP contribution in [0.5, 0.6) is 5.75 Å². The quantitative estimate of drug-likeness (QED) is 0.602. The van der Waals surface area contributed by atoms with Crippen LogP contribution in [0.3, 0.4) is 0 Å². The van der Waals surface area contributed by atoms with Gasteiger partial charge in [-0.3, -0.25) is 4.90 Å². The standard InChI is InChI=1S/C29H32N2O/c1-3-8-21(9-4-1)26(22-10-5-2-6-11-22)28-27(23-14-17-31(28)18-15-23)30-20-25-13-7-12-24-16-19-32-29(24)25/h1-13,23,26-28,30H,14-20H2. The summed E-state index contributed by atoms with van der Waals surface area (Å²) >= 11 is 0. The van der Waals surface area contributed by atoms with Crippen LogP contribution >= 0.6 is 0 Å². The Kier molecular flexibility index (Phi) is 5.46. The van der Waals surface area contributed by atoms with E-state index in [1.165, 1.54) is 48.2 Å². The first-order chi connectivity index (χ1) is 15.9. The molecule has 2 unspecified atom stereocenters. The molecular formula is C29H32N2O. The number of nitrogens with one attached hydrogen (secondary N) is 1. The first-order valence-corrected chi connectivity index (χ1v) is 12.2. The molecule has 3 saturated heterocycles. The lowest BCUT2D eigenvalue weighted by Crippen LogP contribution is -2.64. The van der Waals surface area contributed by atoms with Crippen LogP contribution in [0.15, 0.2) is 78.9 Å². The fourth-order valence-electron chi connectivity index (χ4n) is 6.35. The van der Waals surface area contributed by atoms with Gasteiger partial charge in [-0.2, -0.15) is 0 Å². The van der Waals surface area contributed by atoms with Crippen molar-refractivity contribution in [3.63, 3.8) is 0 Å². The SMILES string of the molecule is c1ccc(C(c2ccccc2)C2C(NCc3cccc4c3OCC4)C3CCN2CC3)cc1. The number of hydrogen-bond donors (Lipinski definition) is 1. The van der Waals surface area contributed by atoms with E-state index in [-0.39, 0.29) is 0 Å². The molecule has 7 rings (SSSR count). The average Bonchev–Trinajstić information content (AvgIpc) is 3.35. The predicted octanol–water partition coefficient (Wildman–Crippen LogP) is 5.01. The van der Waals surface area contributed by atoms with Crippen LogP contribution in [0.1, 0.15) is 41.0 Å². The van der Waals surface area contributed by atoms with Gasteiger partial charge in [0.25, 0.3) is 0 Å². The number of nitrogens with zero attached hydrogens (tertiary/aromatic N) is 1. The van der Waals surface area contributed by atoms with Gasteiger partial charge in [0.15, 0.2) is 0 Å². The summed E-state index contributed by atoms with van der Waals surface area (Å²) in [5.74, 6) is 2.23. The van der Waals surface area contributed by atoms with E-state index in [2.05, 4.69) is 89.1 Å². The van der Waals surface area contributed by atoms with E-state index in [1.54, 1.807) is 0 Å². The molecule has 1 N–H and O–H groups in total. The van der Waals surface area contributed by atoms with Gasteiger partial charge in [-0.05, 0) is 48.5 Å². The van der Waals surface area contributed by atoms with Gasteiger partial charge >= 0.3 is 0 Å². The summed E-state index contributed by atoms with van der Waals surface area (Å²) in [4.78, 5) is 2.76. The van der Waals surface area contributed by atoms with Gasteiger partial charge in [0, 0.05) is 36.5 Å². The monoisotopic (exact) mass is 424 g/mol. The zero-order valence-corrected chi connectivity index (χ0v) is 18.6. The van der Waals surface area contributed by atoms with Crippen molar-refractivity contribution in [1.29, 1.82) is 0 Å². The molecule has 164 valence electrons. The number of fused-ring (bicyclic) bond motifs is 4. The first kappa shape index (κ1) is 20.0. The molecule has 0 aliphatic carbocycles. The summed E-state index contributed by atoms with van der Waals surface area (Å²) in [7, 11) is 0. The Balaban J connectivity index is 1.34. The summed E-state index contributed by atoms with van der Waals surface area (Å²) in [5, 5.41) is 4.05. The molecule has 4 aliphatic rings. The Bertz CT molecular complexity index is 1000. The van der Waals surface area contributed by atoms with Gasteiger partial charge < -0.3 is 10.1 Å². The second-order valence-electron chi connectivity index (χ2n) is 9.57. The highest BCUT2D eigenvalue weighted by molar-refractivity contribution is 5.44. The molecule has 3 aromatic carbocycles. The maximum absolute atomic E-state index is 5.99. The zero-order chi connectivity index (χ0) is 21.3. The van der Waals surface area contributed by atoms with Crippen LogP contribution in [-0.4, -0.2) is 36.7 Å². The van der Waals surface area contributed by atoms with Gasteiger partial charge in [-0.1, -0.05) is 78.9 Å². The largest absolute Gasteiger partial charge is 0.493 e. The Morgan fingerprint density at radius 1 is 0.844 bits per heavy atom. The lowest BCUT2D eigenvalue weighted by Gasteiger charge is -2.54. The molecule has 0 spiro atoms. The fraction of sp³-hybridized carbons (Fsp3) is 0.379. The minimum atomic E-state index is 0.371. The molecule has 3 fully saturated rings. The highest BCUT2D eigenvalue weighted by atomic mass is 16.5. The smallest absolute Gasteiger partial charge is 0.127 e. The third kappa shape index (κ3) is 3.64. The minimum absolute atomic E-state index is 0.371. The van der Waals surface area contributed by atoms with E-state index in [4.69, 9.17) is 4.74 Å². The number of rotatable bonds is 6. The molecule has 3 heteroatoms. The molecule has 32 heavy (non-hydrogen) atoms. The molecule has 4 aliphatic heterocycles. The predicted molar refractivity (Wildman–Crippen MR) is 129 cm³/mol. The molecule has 0 amide bonds. The average molecular weight is 425 g/mol. The molecule has 3 nitrogen and oxygen atoms in total. The van der Waals surface area contributed by atoms with Crippen molar-refractivity contribution in [3.8, 4) is 5.75 Å². The maximum Gasteiger partial charge on any atom is 0.127 e. The summed E-state index contributed by atoms with van der Waals surface area (Å²) < 4.78 is 5.99. The van der Waals surface area contributed by atoms with Crippen molar-refractivity contribution < 1.29 is 4.74 Å². The molecule has 2 bridgehead atoms.